The minimum atomic E-state index is -0.362. The van der Waals surface area contributed by atoms with Crippen LogP contribution in [0.5, 0.6) is 0 Å². The van der Waals surface area contributed by atoms with Crippen molar-refractivity contribution in [1.29, 1.82) is 0 Å². The van der Waals surface area contributed by atoms with Crippen LogP contribution in [0, 0.1) is 12.7 Å². The lowest BCUT2D eigenvalue weighted by Gasteiger charge is -2.06. The van der Waals surface area contributed by atoms with Gasteiger partial charge in [-0.05, 0) is 37.1 Å². The molecule has 2 nitrogen and oxygen atoms in total. The second kappa shape index (κ2) is 7.05. The number of carbonyl (C=O) groups is 1. The first-order valence-corrected chi connectivity index (χ1v) is 6.08. The molecule has 0 bridgehead atoms. The Morgan fingerprint density at radius 3 is 2.71 bits per heavy atom. The quantitative estimate of drug-likeness (QED) is 0.555. The first-order valence-electron chi connectivity index (χ1n) is 6.08. The summed E-state index contributed by atoms with van der Waals surface area (Å²) in [6.07, 6.45) is 4.28. The van der Waals surface area contributed by atoms with Gasteiger partial charge >= 0.3 is 5.97 Å². The molecular weight excluding hydrogens is 219 g/mol. The summed E-state index contributed by atoms with van der Waals surface area (Å²) in [6, 6.07) is 4.09. The highest BCUT2D eigenvalue weighted by Gasteiger charge is 2.10. The number of hydrogen-bond donors (Lipinski definition) is 0. The maximum Gasteiger partial charge on any atom is 0.338 e. The highest BCUT2D eigenvalue weighted by atomic mass is 19.1. The van der Waals surface area contributed by atoms with E-state index in [2.05, 4.69) is 6.92 Å². The van der Waals surface area contributed by atoms with Gasteiger partial charge in [0, 0.05) is 0 Å². The molecular formula is C14H19FO2. The van der Waals surface area contributed by atoms with Crippen LogP contribution in [0.1, 0.15) is 48.5 Å². The molecule has 0 aliphatic carbocycles. The van der Waals surface area contributed by atoms with Gasteiger partial charge in [0.1, 0.15) is 5.82 Å². The molecule has 1 rings (SSSR count). The van der Waals surface area contributed by atoms with E-state index >= 15 is 0 Å². The summed E-state index contributed by atoms with van der Waals surface area (Å²) in [7, 11) is 0. The molecule has 3 heteroatoms. The highest BCUT2D eigenvalue weighted by Crippen LogP contribution is 2.11. The Morgan fingerprint density at radius 2 is 2.06 bits per heavy atom. The zero-order valence-electron chi connectivity index (χ0n) is 10.5. The van der Waals surface area contributed by atoms with Crippen LogP contribution in [0.15, 0.2) is 18.2 Å². The minimum Gasteiger partial charge on any atom is -0.462 e. The predicted octanol–water partition coefficient (Wildman–Crippen LogP) is 3.87. The summed E-state index contributed by atoms with van der Waals surface area (Å²) in [6.45, 7) is 4.28. The van der Waals surface area contributed by atoms with E-state index in [1.807, 2.05) is 0 Å². The van der Waals surface area contributed by atoms with E-state index in [1.165, 1.54) is 18.2 Å². The summed E-state index contributed by atoms with van der Waals surface area (Å²) >= 11 is 0. The number of ether oxygens (including phenoxy) is 1. The first kappa shape index (κ1) is 13.7. The molecule has 0 radical (unpaired) electrons. The smallest absolute Gasteiger partial charge is 0.338 e. The summed E-state index contributed by atoms with van der Waals surface area (Å²) < 4.78 is 18.0. The van der Waals surface area contributed by atoms with E-state index in [-0.39, 0.29) is 11.8 Å². The Hall–Kier alpha value is -1.38. The fourth-order valence-electron chi connectivity index (χ4n) is 1.63. The zero-order valence-corrected chi connectivity index (χ0v) is 10.5. The van der Waals surface area contributed by atoms with Crippen molar-refractivity contribution < 1.29 is 13.9 Å². The molecule has 94 valence electrons. The van der Waals surface area contributed by atoms with Crippen LogP contribution in [0.2, 0.25) is 0 Å². The standard InChI is InChI=1S/C14H19FO2/c1-3-4-5-6-9-17-14(16)13-8-7-12(15)10-11(13)2/h7-8,10H,3-6,9H2,1-2H3. The highest BCUT2D eigenvalue weighted by molar-refractivity contribution is 5.90. The number of rotatable bonds is 6. The molecule has 0 amide bonds. The van der Waals surface area contributed by atoms with Crippen LogP contribution in [0.4, 0.5) is 4.39 Å². The third kappa shape index (κ3) is 4.55. The maximum absolute atomic E-state index is 12.9. The van der Waals surface area contributed by atoms with Crippen molar-refractivity contribution in [2.75, 3.05) is 6.61 Å². The first-order chi connectivity index (χ1) is 8.15. The molecule has 0 fully saturated rings. The lowest BCUT2D eigenvalue weighted by molar-refractivity contribution is 0.0497. The van der Waals surface area contributed by atoms with Crippen molar-refractivity contribution >= 4 is 5.97 Å². The maximum atomic E-state index is 12.9. The molecule has 1 aromatic rings. The Morgan fingerprint density at radius 1 is 1.29 bits per heavy atom. The molecule has 0 saturated heterocycles. The molecule has 0 aromatic heterocycles. The van der Waals surface area contributed by atoms with Gasteiger partial charge in [-0.3, -0.25) is 0 Å². The number of halogens is 1. The minimum absolute atomic E-state index is 0.331. The van der Waals surface area contributed by atoms with Crippen molar-refractivity contribution in [2.24, 2.45) is 0 Å². The topological polar surface area (TPSA) is 26.3 Å². The normalized spacial score (nSPS) is 10.3. The van der Waals surface area contributed by atoms with E-state index in [1.54, 1.807) is 6.92 Å². The monoisotopic (exact) mass is 238 g/mol. The molecule has 1 aromatic carbocycles. The number of benzene rings is 1. The van der Waals surface area contributed by atoms with Crippen LogP contribution in [0.25, 0.3) is 0 Å². The Bertz CT molecular complexity index is 374. The van der Waals surface area contributed by atoms with E-state index in [4.69, 9.17) is 4.74 Å². The summed E-state index contributed by atoms with van der Waals surface area (Å²) in [5.41, 5.74) is 1.06. The second-order valence-electron chi connectivity index (χ2n) is 4.16. The number of esters is 1. The largest absolute Gasteiger partial charge is 0.462 e. The van der Waals surface area contributed by atoms with Crippen LogP contribution in [-0.2, 0) is 4.74 Å². The van der Waals surface area contributed by atoms with Crippen LogP contribution < -0.4 is 0 Å². The fraction of sp³-hybridized carbons (Fsp3) is 0.500. The van der Waals surface area contributed by atoms with Crippen molar-refractivity contribution in [1.82, 2.24) is 0 Å². The number of unbranched alkanes of at least 4 members (excludes halogenated alkanes) is 3. The van der Waals surface area contributed by atoms with Crippen molar-refractivity contribution in [2.45, 2.75) is 39.5 Å². The third-order valence-corrected chi connectivity index (χ3v) is 2.64. The van der Waals surface area contributed by atoms with E-state index in [0.29, 0.717) is 17.7 Å². The SMILES string of the molecule is CCCCCCOC(=O)c1ccc(F)cc1C. The van der Waals surface area contributed by atoms with Gasteiger partial charge in [-0.2, -0.15) is 0 Å². The molecule has 0 N–H and O–H groups in total. The average molecular weight is 238 g/mol. The molecule has 0 heterocycles. The summed E-state index contributed by atoms with van der Waals surface area (Å²) in [4.78, 5) is 11.7. The van der Waals surface area contributed by atoms with Gasteiger partial charge in [0.25, 0.3) is 0 Å². The molecule has 0 saturated carbocycles. The Balaban J connectivity index is 2.42. The van der Waals surface area contributed by atoms with Crippen molar-refractivity contribution in [3.63, 3.8) is 0 Å². The van der Waals surface area contributed by atoms with Crippen molar-refractivity contribution in [3.8, 4) is 0 Å². The van der Waals surface area contributed by atoms with Gasteiger partial charge in [0.2, 0.25) is 0 Å². The molecule has 0 aliphatic heterocycles. The fourth-order valence-corrected chi connectivity index (χ4v) is 1.63. The van der Waals surface area contributed by atoms with Gasteiger partial charge in [-0.1, -0.05) is 26.2 Å². The van der Waals surface area contributed by atoms with Gasteiger partial charge in [-0.15, -0.1) is 0 Å². The van der Waals surface area contributed by atoms with E-state index < -0.39 is 0 Å². The lowest BCUT2D eigenvalue weighted by Crippen LogP contribution is -2.08. The van der Waals surface area contributed by atoms with Gasteiger partial charge in [0.15, 0.2) is 0 Å². The van der Waals surface area contributed by atoms with E-state index in [9.17, 15) is 9.18 Å². The molecule has 0 atom stereocenters. The number of hydrogen-bond acceptors (Lipinski definition) is 2. The molecule has 17 heavy (non-hydrogen) atoms. The van der Waals surface area contributed by atoms with Gasteiger partial charge in [0.05, 0.1) is 12.2 Å². The lowest BCUT2D eigenvalue weighted by atomic mass is 10.1. The van der Waals surface area contributed by atoms with E-state index in [0.717, 1.165) is 25.7 Å². The van der Waals surface area contributed by atoms with Crippen LogP contribution >= 0.6 is 0 Å². The van der Waals surface area contributed by atoms with Crippen LogP contribution in [0.3, 0.4) is 0 Å². The molecule has 0 spiro atoms. The number of aryl methyl sites for hydroxylation is 1. The predicted molar refractivity (Wildman–Crippen MR) is 65.6 cm³/mol. The van der Waals surface area contributed by atoms with Gasteiger partial charge < -0.3 is 4.74 Å². The van der Waals surface area contributed by atoms with Crippen molar-refractivity contribution in [3.05, 3.63) is 35.1 Å². The third-order valence-electron chi connectivity index (χ3n) is 2.64. The molecule has 0 unspecified atom stereocenters. The second-order valence-corrected chi connectivity index (χ2v) is 4.16. The summed E-state index contributed by atoms with van der Waals surface area (Å²) in [5, 5.41) is 0. The zero-order chi connectivity index (χ0) is 12.7. The molecule has 0 aliphatic rings. The average Bonchev–Trinajstić information content (AvgIpc) is 2.28. The Labute approximate surface area is 102 Å². The summed E-state index contributed by atoms with van der Waals surface area (Å²) in [5.74, 6) is -0.694. The van der Waals surface area contributed by atoms with Gasteiger partial charge in [-0.25, -0.2) is 9.18 Å². The number of carbonyl (C=O) groups excluding carboxylic acids is 1. The van der Waals surface area contributed by atoms with Crippen LogP contribution in [-0.4, -0.2) is 12.6 Å². The Kier molecular flexibility index (Phi) is 5.67.